The van der Waals surface area contributed by atoms with Gasteiger partial charge in [-0.05, 0) is 45.2 Å². The van der Waals surface area contributed by atoms with Crippen LogP contribution in [0.1, 0.15) is 46.5 Å². The highest BCUT2D eigenvalue weighted by Crippen LogP contribution is 2.38. The zero-order valence-corrected chi connectivity index (χ0v) is 12.0. The molecule has 18 heavy (non-hydrogen) atoms. The van der Waals surface area contributed by atoms with Crippen molar-refractivity contribution in [3.05, 3.63) is 0 Å². The Balaban J connectivity index is 2.35. The van der Waals surface area contributed by atoms with Gasteiger partial charge in [-0.15, -0.1) is 0 Å². The fourth-order valence-electron chi connectivity index (χ4n) is 2.74. The number of hydrogen-bond donors (Lipinski definition) is 3. The van der Waals surface area contributed by atoms with Crippen molar-refractivity contribution in [3.8, 4) is 0 Å². The summed E-state index contributed by atoms with van der Waals surface area (Å²) in [5, 5.41) is 6.55. The number of halogens is 1. The Morgan fingerprint density at radius 2 is 1.94 bits per heavy atom. The van der Waals surface area contributed by atoms with E-state index in [0.29, 0.717) is 17.2 Å². The van der Waals surface area contributed by atoms with E-state index in [0.717, 1.165) is 12.8 Å². The molecule has 0 amide bonds. The Bertz CT molecular complexity index is 358. The van der Waals surface area contributed by atoms with Crippen molar-refractivity contribution in [2.75, 3.05) is 0 Å². The molecule has 0 aromatic rings. The number of nitrogens with one attached hydrogen (secondary N) is 2. The second-order valence-corrected chi connectivity index (χ2v) is 6.47. The highest BCUT2D eigenvalue weighted by atomic mass is 35.5. The predicted molar refractivity (Wildman–Crippen MR) is 75.6 cm³/mol. The molecule has 2 rings (SSSR count). The van der Waals surface area contributed by atoms with Crippen LogP contribution in [0.25, 0.3) is 0 Å². The van der Waals surface area contributed by atoms with Gasteiger partial charge in [-0.25, -0.2) is 9.98 Å². The largest absolute Gasteiger partial charge is 0.370 e. The molecule has 1 heterocycles. The van der Waals surface area contributed by atoms with E-state index in [-0.39, 0.29) is 5.54 Å². The lowest BCUT2D eigenvalue weighted by molar-refractivity contribution is 0.175. The summed E-state index contributed by atoms with van der Waals surface area (Å²) in [4.78, 5) is 9.06. The highest BCUT2D eigenvalue weighted by Gasteiger charge is 2.44. The van der Waals surface area contributed by atoms with Crippen molar-refractivity contribution in [3.63, 3.8) is 0 Å². The van der Waals surface area contributed by atoms with Gasteiger partial charge in [-0.3, -0.25) is 5.32 Å². The van der Waals surface area contributed by atoms with Crippen LogP contribution in [0.4, 0.5) is 0 Å². The van der Waals surface area contributed by atoms with Gasteiger partial charge in [0.2, 0.25) is 11.1 Å². The second-order valence-electron chi connectivity index (χ2n) is 6.11. The average Bonchev–Trinajstić information content (AvgIpc) is 2.64. The number of guanidine groups is 1. The Morgan fingerprint density at radius 3 is 2.44 bits per heavy atom. The quantitative estimate of drug-likeness (QED) is 0.670. The predicted octanol–water partition coefficient (Wildman–Crippen LogP) is 1.73. The summed E-state index contributed by atoms with van der Waals surface area (Å²) >= 11 is 6.04. The molecule has 1 aliphatic carbocycles. The highest BCUT2D eigenvalue weighted by molar-refractivity contribution is 6.66. The van der Waals surface area contributed by atoms with E-state index in [2.05, 4.69) is 41.4 Å². The van der Waals surface area contributed by atoms with E-state index in [1.165, 1.54) is 12.8 Å². The number of aliphatic imine (C=N–C) groups is 2. The SMILES string of the molecule is CC(C)(C)NC1(C2CCCC2)N=C(N)NC(Cl)=N1. The van der Waals surface area contributed by atoms with E-state index in [9.17, 15) is 0 Å². The molecule has 2 aliphatic rings. The normalized spacial score (nSPS) is 29.8. The molecular formula is C12H22ClN5. The summed E-state index contributed by atoms with van der Waals surface area (Å²) in [6, 6.07) is 0. The van der Waals surface area contributed by atoms with Gasteiger partial charge in [-0.1, -0.05) is 12.8 Å². The Kier molecular flexibility index (Phi) is 3.56. The minimum absolute atomic E-state index is 0.107. The van der Waals surface area contributed by atoms with Crippen molar-refractivity contribution < 1.29 is 0 Å². The van der Waals surface area contributed by atoms with Gasteiger partial charge in [0.25, 0.3) is 0 Å². The van der Waals surface area contributed by atoms with Crippen molar-refractivity contribution in [1.82, 2.24) is 10.6 Å². The minimum Gasteiger partial charge on any atom is -0.370 e. The number of rotatable bonds is 2. The topological polar surface area (TPSA) is 74.8 Å². The molecule has 1 fully saturated rings. The van der Waals surface area contributed by atoms with Crippen molar-refractivity contribution in [1.29, 1.82) is 0 Å². The van der Waals surface area contributed by atoms with Crippen LogP contribution in [0.2, 0.25) is 0 Å². The Morgan fingerprint density at radius 1 is 1.33 bits per heavy atom. The molecule has 0 aromatic heterocycles. The molecule has 0 spiro atoms. The van der Waals surface area contributed by atoms with E-state index in [1.54, 1.807) is 0 Å². The van der Waals surface area contributed by atoms with E-state index >= 15 is 0 Å². The molecule has 0 radical (unpaired) electrons. The number of nitrogens with zero attached hydrogens (tertiary/aromatic N) is 2. The lowest BCUT2D eigenvalue weighted by Crippen LogP contribution is -2.60. The van der Waals surface area contributed by atoms with E-state index in [1.807, 2.05) is 0 Å². The smallest absolute Gasteiger partial charge is 0.214 e. The van der Waals surface area contributed by atoms with Gasteiger partial charge >= 0.3 is 0 Å². The molecule has 1 aliphatic heterocycles. The van der Waals surface area contributed by atoms with Crippen molar-refractivity contribution in [2.24, 2.45) is 21.6 Å². The maximum absolute atomic E-state index is 6.04. The van der Waals surface area contributed by atoms with Gasteiger partial charge in [0, 0.05) is 11.5 Å². The van der Waals surface area contributed by atoms with Crippen LogP contribution in [0.5, 0.6) is 0 Å². The number of amidine groups is 1. The maximum Gasteiger partial charge on any atom is 0.214 e. The Hall–Kier alpha value is -0.810. The first-order valence-corrected chi connectivity index (χ1v) is 6.86. The van der Waals surface area contributed by atoms with Gasteiger partial charge in [0.1, 0.15) is 0 Å². The third-order valence-corrected chi connectivity index (χ3v) is 3.45. The van der Waals surface area contributed by atoms with Crippen molar-refractivity contribution in [2.45, 2.75) is 57.8 Å². The third kappa shape index (κ3) is 2.95. The van der Waals surface area contributed by atoms with E-state index < -0.39 is 5.79 Å². The van der Waals surface area contributed by atoms with Crippen LogP contribution in [0.3, 0.4) is 0 Å². The van der Waals surface area contributed by atoms with E-state index in [4.69, 9.17) is 17.3 Å². The molecule has 6 heteroatoms. The first-order chi connectivity index (χ1) is 8.31. The molecule has 4 N–H and O–H groups in total. The molecule has 0 aromatic carbocycles. The van der Waals surface area contributed by atoms with Crippen LogP contribution in [-0.2, 0) is 0 Å². The van der Waals surface area contributed by atoms with Crippen LogP contribution in [-0.4, -0.2) is 22.6 Å². The summed E-state index contributed by atoms with van der Waals surface area (Å²) in [5.74, 6) is -0.0222. The molecule has 1 saturated carbocycles. The third-order valence-electron chi connectivity index (χ3n) is 3.27. The summed E-state index contributed by atoms with van der Waals surface area (Å²) in [6.45, 7) is 6.29. The second kappa shape index (κ2) is 4.70. The van der Waals surface area contributed by atoms with Crippen LogP contribution in [0, 0.1) is 5.92 Å². The Labute approximate surface area is 113 Å². The minimum atomic E-state index is -0.707. The summed E-state index contributed by atoms with van der Waals surface area (Å²) in [5.41, 5.74) is 5.71. The van der Waals surface area contributed by atoms with Gasteiger partial charge in [-0.2, -0.15) is 0 Å². The first kappa shape index (κ1) is 13.6. The van der Waals surface area contributed by atoms with Crippen LogP contribution >= 0.6 is 11.6 Å². The standard InChI is InChI=1S/C12H22ClN5/c1-11(2,3)18-12(8-6-4-5-7-8)16-9(13)15-10(14)17-12/h8,18H,4-7H2,1-3H3,(H3,14,15,16,17). The molecule has 5 nitrogen and oxygen atoms in total. The zero-order valence-electron chi connectivity index (χ0n) is 11.3. The first-order valence-electron chi connectivity index (χ1n) is 6.48. The van der Waals surface area contributed by atoms with Gasteiger partial charge in [0.05, 0.1) is 0 Å². The van der Waals surface area contributed by atoms with Crippen LogP contribution in [0.15, 0.2) is 9.98 Å². The molecule has 1 atom stereocenters. The lowest BCUT2D eigenvalue weighted by atomic mass is 9.95. The maximum atomic E-state index is 6.04. The molecule has 0 saturated heterocycles. The average molecular weight is 272 g/mol. The fraction of sp³-hybridized carbons (Fsp3) is 0.833. The summed E-state index contributed by atoms with van der Waals surface area (Å²) < 4.78 is 0. The lowest BCUT2D eigenvalue weighted by Gasteiger charge is -2.40. The van der Waals surface area contributed by atoms with Crippen LogP contribution < -0.4 is 16.4 Å². The summed E-state index contributed by atoms with van der Waals surface area (Å²) in [6.07, 6.45) is 4.64. The molecule has 102 valence electrons. The number of hydrogen-bond acceptors (Lipinski definition) is 5. The molecular weight excluding hydrogens is 250 g/mol. The molecule has 0 bridgehead atoms. The van der Waals surface area contributed by atoms with Gasteiger partial charge in [0.15, 0.2) is 5.96 Å². The van der Waals surface area contributed by atoms with Crippen molar-refractivity contribution >= 4 is 22.9 Å². The monoisotopic (exact) mass is 271 g/mol. The number of nitrogens with two attached hydrogens (primary N) is 1. The molecule has 1 unspecified atom stereocenters. The fourth-order valence-corrected chi connectivity index (χ4v) is 2.97. The van der Waals surface area contributed by atoms with Gasteiger partial charge < -0.3 is 11.1 Å². The summed E-state index contributed by atoms with van der Waals surface area (Å²) in [7, 11) is 0. The zero-order chi connectivity index (χ0) is 13.4.